The first-order chi connectivity index (χ1) is 14.6. The van der Waals surface area contributed by atoms with Gasteiger partial charge in [-0.3, -0.25) is 9.59 Å². The van der Waals surface area contributed by atoms with E-state index in [1.807, 2.05) is 45.9 Å². The van der Waals surface area contributed by atoms with Crippen LogP contribution in [0.3, 0.4) is 0 Å². The second-order valence-electron chi connectivity index (χ2n) is 8.07. The molecule has 1 atom stereocenters. The average Bonchev–Trinajstić information content (AvgIpc) is 2.73. The van der Waals surface area contributed by atoms with Crippen molar-refractivity contribution in [3.05, 3.63) is 63.1 Å². The lowest BCUT2D eigenvalue weighted by Gasteiger charge is -2.29. The highest BCUT2D eigenvalue weighted by Gasteiger charge is 2.27. The summed E-state index contributed by atoms with van der Waals surface area (Å²) < 4.78 is 5.80. The monoisotopic (exact) mass is 464 g/mol. The minimum atomic E-state index is -0.678. The predicted molar refractivity (Wildman–Crippen MR) is 126 cm³/mol. The van der Waals surface area contributed by atoms with Crippen molar-refractivity contribution in [2.45, 2.75) is 47.2 Å². The fraction of sp³-hybridized carbons (Fsp3) is 0.417. The number of ether oxygens (including phenoxy) is 1. The van der Waals surface area contributed by atoms with E-state index >= 15 is 0 Å². The number of hydrogen-bond donors (Lipinski definition) is 1. The third kappa shape index (κ3) is 7.15. The van der Waals surface area contributed by atoms with Gasteiger partial charge >= 0.3 is 0 Å². The summed E-state index contributed by atoms with van der Waals surface area (Å²) in [7, 11) is 0. The first-order valence-electron chi connectivity index (χ1n) is 10.3. The topological polar surface area (TPSA) is 58.6 Å². The van der Waals surface area contributed by atoms with Gasteiger partial charge in [0.1, 0.15) is 11.8 Å². The van der Waals surface area contributed by atoms with E-state index in [1.165, 1.54) is 4.90 Å². The molecule has 2 aromatic carbocycles. The number of halogens is 2. The van der Waals surface area contributed by atoms with Crippen LogP contribution < -0.4 is 10.1 Å². The van der Waals surface area contributed by atoms with Crippen LogP contribution in [0.1, 0.15) is 37.5 Å². The van der Waals surface area contributed by atoms with Crippen molar-refractivity contribution in [2.75, 3.05) is 13.2 Å². The van der Waals surface area contributed by atoms with Crippen LogP contribution in [-0.4, -0.2) is 35.9 Å². The standard InChI is InChI=1S/C24H30Cl2N2O3/c1-15(2)12-27-24(30)18(5)28(13-19-9-10-20(25)21(26)11-19)23(29)14-31-22-8-6-7-16(3)17(22)4/h6-11,15,18H,12-14H2,1-5H3,(H,27,30)/t18-/m0/s1. The summed E-state index contributed by atoms with van der Waals surface area (Å²) in [5.41, 5.74) is 2.84. The first-order valence-corrected chi connectivity index (χ1v) is 11.1. The summed E-state index contributed by atoms with van der Waals surface area (Å²) in [5.74, 6) is 0.454. The van der Waals surface area contributed by atoms with Gasteiger partial charge in [-0.2, -0.15) is 0 Å². The molecule has 0 aliphatic rings. The van der Waals surface area contributed by atoms with Gasteiger partial charge in [0, 0.05) is 13.1 Å². The average molecular weight is 465 g/mol. The van der Waals surface area contributed by atoms with E-state index < -0.39 is 6.04 Å². The molecule has 0 aromatic heterocycles. The molecule has 2 amide bonds. The minimum absolute atomic E-state index is 0.173. The number of rotatable bonds is 9. The minimum Gasteiger partial charge on any atom is -0.483 e. The van der Waals surface area contributed by atoms with Crippen molar-refractivity contribution < 1.29 is 14.3 Å². The number of carbonyl (C=O) groups excluding carboxylic acids is 2. The summed E-state index contributed by atoms with van der Waals surface area (Å²) in [6.07, 6.45) is 0. The van der Waals surface area contributed by atoms with E-state index in [-0.39, 0.29) is 25.0 Å². The first kappa shape index (κ1) is 25.0. The van der Waals surface area contributed by atoms with Crippen molar-refractivity contribution in [3.8, 4) is 5.75 Å². The Morgan fingerprint density at radius 3 is 2.42 bits per heavy atom. The molecular weight excluding hydrogens is 435 g/mol. The molecule has 2 rings (SSSR count). The van der Waals surface area contributed by atoms with Gasteiger partial charge < -0.3 is 15.0 Å². The summed E-state index contributed by atoms with van der Waals surface area (Å²) >= 11 is 12.1. The van der Waals surface area contributed by atoms with E-state index in [1.54, 1.807) is 25.1 Å². The van der Waals surface area contributed by atoms with Gasteiger partial charge in [0.15, 0.2) is 6.61 Å². The molecule has 7 heteroatoms. The fourth-order valence-electron chi connectivity index (χ4n) is 2.97. The van der Waals surface area contributed by atoms with Gasteiger partial charge in [0.2, 0.25) is 5.91 Å². The van der Waals surface area contributed by atoms with Crippen LogP contribution in [0.2, 0.25) is 10.0 Å². The Balaban J connectivity index is 2.20. The zero-order chi connectivity index (χ0) is 23.1. The predicted octanol–water partition coefficient (Wildman–Crippen LogP) is 5.18. The molecule has 2 aromatic rings. The van der Waals surface area contributed by atoms with Gasteiger partial charge in [0.25, 0.3) is 5.91 Å². The van der Waals surface area contributed by atoms with Gasteiger partial charge in [0.05, 0.1) is 10.0 Å². The van der Waals surface area contributed by atoms with Crippen molar-refractivity contribution in [1.29, 1.82) is 0 Å². The van der Waals surface area contributed by atoms with Crippen molar-refractivity contribution in [1.82, 2.24) is 10.2 Å². The van der Waals surface area contributed by atoms with Crippen LogP contribution in [0.15, 0.2) is 36.4 Å². The summed E-state index contributed by atoms with van der Waals surface area (Å²) in [4.78, 5) is 27.3. The molecule has 0 aliphatic heterocycles. The molecule has 31 heavy (non-hydrogen) atoms. The summed E-state index contributed by atoms with van der Waals surface area (Å²) in [5, 5.41) is 3.73. The Kier molecular flexibility index (Phi) is 9.20. The number of aryl methyl sites for hydroxylation is 1. The molecule has 0 saturated heterocycles. The van der Waals surface area contributed by atoms with E-state index in [0.29, 0.717) is 28.3 Å². The highest BCUT2D eigenvalue weighted by Crippen LogP contribution is 2.24. The molecule has 0 saturated carbocycles. The highest BCUT2D eigenvalue weighted by atomic mass is 35.5. The second kappa shape index (κ2) is 11.4. The molecule has 0 spiro atoms. The lowest BCUT2D eigenvalue weighted by Crippen LogP contribution is -2.49. The van der Waals surface area contributed by atoms with Crippen LogP contribution >= 0.6 is 23.2 Å². The fourth-order valence-corrected chi connectivity index (χ4v) is 3.29. The molecule has 0 bridgehead atoms. The van der Waals surface area contributed by atoms with Crippen LogP contribution in [0, 0.1) is 19.8 Å². The van der Waals surface area contributed by atoms with Crippen LogP contribution in [0.25, 0.3) is 0 Å². The smallest absolute Gasteiger partial charge is 0.261 e. The Bertz CT molecular complexity index is 931. The maximum atomic E-state index is 13.1. The van der Waals surface area contributed by atoms with E-state index in [2.05, 4.69) is 5.32 Å². The Morgan fingerprint density at radius 2 is 1.77 bits per heavy atom. The number of benzene rings is 2. The highest BCUT2D eigenvalue weighted by molar-refractivity contribution is 6.42. The molecule has 1 N–H and O–H groups in total. The number of hydrogen-bond acceptors (Lipinski definition) is 3. The molecule has 0 aliphatic carbocycles. The normalized spacial score (nSPS) is 11.9. The number of carbonyl (C=O) groups is 2. The Labute approximate surface area is 194 Å². The molecule has 0 heterocycles. The van der Waals surface area contributed by atoms with Crippen molar-refractivity contribution in [2.24, 2.45) is 5.92 Å². The van der Waals surface area contributed by atoms with Gasteiger partial charge in [-0.1, -0.05) is 55.2 Å². The quantitative estimate of drug-likeness (QED) is 0.555. The van der Waals surface area contributed by atoms with Gasteiger partial charge in [-0.05, 0) is 61.6 Å². The van der Waals surface area contributed by atoms with Gasteiger partial charge in [-0.25, -0.2) is 0 Å². The van der Waals surface area contributed by atoms with E-state index in [9.17, 15) is 9.59 Å². The van der Waals surface area contributed by atoms with Gasteiger partial charge in [-0.15, -0.1) is 0 Å². The van der Waals surface area contributed by atoms with E-state index in [0.717, 1.165) is 16.7 Å². The SMILES string of the molecule is Cc1cccc(OCC(=O)N(Cc2ccc(Cl)c(Cl)c2)[C@@H](C)C(=O)NCC(C)C)c1C. The zero-order valence-electron chi connectivity index (χ0n) is 18.7. The largest absolute Gasteiger partial charge is 0.483 e. The molecular formula is C24H30Cl2N2O3. The van der Waals surface area contributed by atoms with E-state index in [4.69, 9.17) is 27.9 Å². The van der Waals surface area contributed by atoms with Crippen molar-refractivity contribution >= 4 is 35.0 Å². The third-order valence-corrected chi connectivity index (χ3v) is 5.83. The molecule has 5 nitrogen and oxygen atoms in total. The molecule has 0 radical (unpaired) electrons. The number of amides is 2. The molecule has 0 unspecified atom stereocenters. The molecule has 0 fully saturated rings. The maximum Gasteiger partial charge on any atom is 0.261 e. The number of nitrogens with one attached hydrogen (secondary N) is 1. The maximum absolute atomic E-state index is 13.1. The number of nitrogens with zero attached hydrogens (tertiary/aromatic N) is 1. The Morgan fingerprint density at radius 1 is 1.06 bits per heavy atom. The van der Waals surface area contributed by atoms with Crippen LogP contribution in [-0.2, 0) is 16.1 Å². The second-order valence-corrected chi connectivity index (χ2v) is 8.89. The summed E-state index contributed by atoms with van der Waals surface area (Å²) in [6, 6.07) is 10.2. The van der Waals surface area contributed by atoms with Crippen LogP contribution in [0.5, 0.6) is 5.75 Å². The lowest BCUT2D eigenvalue weighted by atomic mass is 10.1. The van der Waals surface area contributed by atoms with Crippen molar-refractivity contribution in [3.63, 3.8) is 0 Å². The third-order valence-electron chi connectivity index (χ3n) is 5.09. The molecule has 168 valence electrons. The van der Waals surface area contributed by atoms with Crippen LogP contribution in [0.4, 0.5) is 0 Å². The lowest BCUT2D eigenvalue weighted by molar-refractivity contribution is -0.142. The summed E-state index contributed by atoms with van der Waals surface area (Å²) in [6.45, 7) is 10.3. The zero-order valence-corrected chi connectivity index (χ0v) is 20.2. The Hall–Kier alpha value is -2.24.